The number of aryl methyl sites for hydroxylation is 1. The fraction of sp³-hybridized carbons (Fsp3) is 0.571. The van der Waals surface area contributed by atoms with Crippen LogP contribution in [0.5, 0.6) is 0 Å². The third-order valence-corrected chi connectivity index (χ3v) is 2.96. The molecular weight excluding hydrogens is 220 g/mol. The highest BCUT2D eigenvalue weighted by molar-refractivity contribution is 5.43. The van der Waals surface area contributed by atoms with Crippen LogP contribution in [0.3, 0.4) is 0 Å². The van der Waals surface area contributed by atoms with Crippen LogP contribution >= 0.6 is 0 Å². The Morgan fingerprint density at radius 3 is 2.06 bits per heavy atom. The third kappa shape index (κ3) is 4.72. The maximum absolute atomic E-state index is 13.2. The summed E-state index contributed by atoms with van der Waals surface area (Å²) < 4.78 is 26.3. The lowest BCUT2D eigenvalue weighted by atomic mass is 10.0. The molecule has 1 aromatic carbocycles. The predicted molar refractivity (Wildman–Crippen MR) is 67.9 cm³/mol. The number of halogens is 2. The maximum atomic E-state index is 13.2. The molecular formula is C14H21F2N. The predicted octanol–water partition coefficient (Wildman–Crippen LogP) is 4.45. The lowest BCUT2D eigenvalue weighted by Gasteiger charge is -2.05. The summed E-state index contributed by atoms with van der Waals surface area (Å²) in [6, 6.07) is 2.68. The van der Waals surface area contributed by atoms with Gasteiger partial charge in [0.1, 0.15) is 17.3 Å². The van der Waals surface area contributed by atoms with E-state index in [1.807, 2.05) is 0 Å². The molecule has 0 heterocycles. The molecule has 1 rings (SSSR count). The van der Waals surface area contributed by atoms with E-state index in [4.69, 9.17) is 5.73 Å². The van der Waals surface area contributed by atoms with Crippen molar-refractivity contribution in [3.63, 3.8) is 0 Å². The van der Waals surface area contributed by atoms with E-state index >= 15 is 0 Å². The van der Waals surface area contributed by atoms with Crippen LogP contribution in [0, 0.1) is 11.6 Å². The van der Waals surface area contributed by atoms with Crippen molar-refractivity contribution >= 4 is 5.69 Å². The molecule has 2 N–H and O–H groups in total. The van der Waals surface area contributed by atoms with Crippen LogP contribution in [0.1, 0.15) is 51.0 Å². The molecule has 0 bridgehead atoms. The van der Waals surface area contributed by atoms with E-state index in [0.29, 0.717) is 5.56 Å². The molecule has 0 aliphatic carbocycles. The summed E-state index contributed by atoms with van der Waals surface area (Å²) in [5, 5.41) is 0. The Labute approximate surface area is 102 Å². The van der Waals surface area contributed by atoms with E-state index in [0.717, 1.165) is 19.3 Å². The molecule has 0 radical (unpaired) electrons. The van der Waals surface area contributed by atoms with Crippen LogP contribution in [0.4, 0.5) is 14.5 Å². The number of anilines is 1. The van der Waals surface area contributed by atoms with E-state index in [1.165, 1.54) is 37.8 Å². The number of unbranched alkanes of at least 4 members (excludes halogenated alkanes) is 5. The van der Waals surface area contributed by atoms with Crippen molar-refractivity contribution in [2.24, 2.45) is 0 Å². The van der Waals surface area contributed by atoms with E-state index < -0.39 is 11.6 Å². The highest BCUT2D eigenvalue weighted by Gasteiger charge is 2.07. The van der Waals surface area contributed by atoms with Crippen molar-refractivity contribution in [3.05, 3.63) is 29.3 Å². The summed E-state index contributed by atoms with van der Waals surface area (Å²) in [5.74, 6) is -1.29. The molecule has 0 aliphatic rings. The third-order valence-electron chi connectivity index (χ3n) is 2.96. The first-order valence-electron chi connectivity index (χ1n) is 6.38. The normalized spacial score (nSPS) is 10.8. The summed E-state index contributed by atoms with van der Waals surface area (Å²) in [5.41, 5.74) is 5.53. The molecule has 3 heteroatoms. The summed E-state index contributed by atoms with van der Waals surface area (Å²) in [6.45, 7) is 2.18. The Morgan fingerprint density at radius 2 is 1.47 bits per heavy atom. The molecule has 0 fully saturated rings. The summed E-state index contributed by atoms with van der Waals surface area (Å²) in [4.78, 5) is 0. The average molecular weight is 241 g/mol. The number of hydrogen-bond acceptors (Lipinski definition) is 1. The van der Waals surface area contributed by atoms with Gasteiger partial charge >= 0.3 is 0 Å². The lowest BCUT2D eigenvalue weighted by molar-refractivity contribution is 0.581. The van der Waals surface area contributed by atoms with E-state index in [-0.39, 0.29) is 5.69 Å². The summed E-state index contributed by atoms with van der Waals surface area (Å²) in [6.07, 6.45) is 7.77. The van der Waals surface area contributed by atoms with Gasteiger partial charge in [-0.1, -0.05) is 39.0 Å². The fourth-order valence-corrected chi connectivity index (χ4v) is 1.89. The van der Waals surface area contributed by atoms with Crippen molar-refractivity contribution in [1.29, 1.82) is 0 Å². The van der Waals surface area contributed by atoms with Crippen LogP contribution < -0.4 is 5.73 Å². The number of hydrogen-bond donors (Lipinski definition) is 1. The molecule has 1 nitrogen and oxygen atoms in total. The van der Waals surface area contributed by atoms with Crippen LogP contribution in [0.25, 0.3) is 0 Å². The Balaban J connectivity index is 2.32. The van der Waals surface area contributed by atoms with E-state index in [9.17, 15) is 8.78 Å². The molecule has 17 heavy (non-hydrogen) atoms. The number of benzene rings is 1. The van der Waals surface area contributed by atoms with Gasteiger partial charge in [0.25, 0.3) is 0 Å². The van der Waals surface area contributed by atoms with Crippen LogP contribution in [-0.4, -0.2) is 0 Å². The second kappa shape index (κ2) is 7.25. The number of rotatable bonds is 7. The van der Waals surface area contributed by atoms with E-state index in [1.54, 1.807) is 0 Å². The second-order valence-corrected chi connectivity index (χ2v) is 4.49. The van der Waals surface area contributed by atoms with Crippen molar-refractivity contribution in [3.8, 4) is 0 Å². The Bertz CT molecular complexity index is 327. The van der Waals surface area contributed by atoms with Crippen LogP contribution in [0.2, 0.25) is 0 Å². The van der Waals surface area contributed by atoms with Gasteiger partial charge in [-0.2, -0.15) is 0 Å². The zero-order valence-electron chi connectivity index (χ0n) is 10.4. The molecule has 0 unspecified atom stereocenters. The molecule has 0 saturated carbocycles. The largest absolute Gasteiger partial charge is 0.394 e. The minimum atomic E-state index is -0.647. The standard InChI is InChI=1S/C14H21F2N/c1-2-3-4-5-6-7-8-11-9-12(15)14(17)13(16)10-11/h9-10H,2-8,17H2,1H3. The Morgan fingerprint density at radius 1 is 0.941 bits per heavy atom. The highest BCUT2D eigenvalue weighted by atomic mass is 19.1. The van der Waals surface area contributed by atoms with Crippen molar-refractivity contribution in [2.45, 2.75) is 51.9 Å². The van der Waals surface area contributed by atoms with Gasteiger partial charge in [-0.3, -0.25) is 0 Å². The maximum Gasteiger partial charge on any atom is 0.149 e. The van der Waals surface area contributed by atoms with Gasteiger partial charge in [0, 0.05) is 0 Å². The quantitative estimate of drug-likeness (QED) is 0.554. The van der Waals surface area contributed by atoms with Crippen molar-refractivity contribution < 1.29 is 8.78 Å². The van der Waals surface area contributed by atoms with Gasteiger partial charge in [0.05, 0.1) is 0 Å². The lowest BCUT2D eigenvalue weighted by Crippen LogP contribution is -1.98. The van der Waals surface area contributed by atoms with Gasteiger partial charge in [-0.25, -0.2) is 8.78 Å². The van der Waals surface area contributed by atoms with Crippen LogP contribution in [0.15, 0.2) is 12.1 Å². The monoisotopic (exact) mass is 241 g/mol. The van der Waals surface area contributed by atoms with Gasteiger partial charge in [-0.05, 0) is 30.5 Å². The van der Waals surface area contributed by atoms with Gasteiger partial charge in [0.2, 0.25) is 0 Å². The highest BCUT2D eigenvalue weighted by Crippen LogP contribution is 2.19. The number of nitrogen functional groups attached to an aromatic ring is 1. The van der Waals surface area contributed by atoms with E-state index in [2.05, 4.69) is 6.92 Å². The van der Waals surface area contributed by atoms with Gasteiger partial charge in [-0.15, -0.1) is 0 Å². The molecule has 96 valence electrons. The number of nitrogens with two attached hydrogens (primary N) is 1. The van der Waals surface area contributed by atoms with Gasteiger partial charge < -0.3 is 5.73 Å². The molecule has 0 spiro atoms. The molecule has 0 atom stereocenters. The molecule has 0 saturated heterocycles. The average Bonchev–Trinajstić information content (AvgIpc) is 2.30. The first-order valence-corrected chi connectivity index (χ1v) is 6.38. The fourth-order valence-electron chi connectivity index (χ4n) is 1.89. The van der Waals surface area contributed by atoms with Crippen molar-refractivity contribution in [1.82, 2.24) is 0 Å². The Kier molecular flexibility index (Phi) is 5.95. The Hall–Kier alpha value is -1.12. The summed E-state index contributed by atoms with van der Waals surface area (Å²) in [7, 11) is 0. The smallest absolute Gasteiger partial charge is 0.149 e. The zero-order chi connectivity index (χ0) is 12.7. The first-order chi connectivity index (χ1) is 8.15. The summed E-state index contributed by atoms with van der Waals surface area (Å²) >= 11 is 0. The topological polar surface area (TPSA) is 26.0 Å². The zero-order valence-corrected chi connectivity index (χ0v) is 10.4. The van der Waals surface area contributed by atoms with Crippen molar-refractivity contribution in [2.75, 3.05) is 5.73 Å². The SMILES string of the molecule is CCCCCCCCc1cc(F)c(N)c(F)c1. The first kappa shape index (κ1) is 13.9. The molecule has 0 aliphatic heterocycles. The van der Waals surface area contributed by atoms with Gasteiger partial charge in [0.15, 0.2) is 0 Å². The second-order valence-electron chi connectivity index (χ2n) is 4.49. The minimum Gasteiger partial charge on any atom is -0.394 e. The van der Waals surface area contributed by atoms with Crippen LogP contribution in [-0.2, 0) is 6.42 Å². The molecule has 1 aromatic rings. The molecule has 0 aromatic heterocycles. The minimum absolute atomic E-state index is 0.378. The molecule has 0 amide bonds.